The first kappa shape index (κ1) is 11.4. The van der Waals surface area contributed by atoms with Crippen molar-refractivity contribution in [3.05, 3.63) is 68.9 Å². The molecule has 4 rings (SSSR count). The van der Waals surface area contributed by atoms with Crippen molar-refractivity contribution in [3.63, 3.8) is 0 Å². The second-order valence-corrected chi connectivity index (χ2v) is 8.27. The molecule has 27 heavy (non-hydrogen) atoms. The highest BCUT2D eigenvalue weighted by atomic mass is 35.5. The van der Waals surface area contributed by atoms with E-state index in [-0.39, 0.29) is 57.3 Å². The first-order valence-corrected chi connectivity index (χ1v) is 9.63. The van der Waals surface area contributed by atoms with Crippen molar-refractivity contribution in [2.24, 2.45) is 5.41 Å². The van der Waals surface area contributed by atoms with Crippen LogP contribution in [0.4, 0.5) is 0 Å². The number of hydrogen-bond acceptors (Lipinski definition) is 2. The Morgan fingerprint density at radius 3 is 2.89 bits per heavy atom. The molecule has 1 aromatic heterocycles. The lowest BCUT2D eigenvalue weighted by atomic mass is 9.70. The van der Waals surface area contributed by atoms with Gasteiger partial charge in [0.15, 0.2) is 0 Å². The van der Waals surface area contributed by atoms with Gasteiger partial charge in [0, 0.05) is 32.3 Å². The Morgan fingerprint density at radius 1 is 1.33 bits per heavy atom. The highest BCUT2D eigenvalue weighted by Crippen LogP contribution is 2.46. The predicted molar refractivity (Wildman–Crippen MR) is 114 cm³/mol. The standard InChI is InChI=1S/C24H29ClN2/c1-14-10-20-15(2)11-17-12-18(25)6-7-19(17)22(23(20)27-13-14)21-8-9-26-16(3)24(21,4)5/h6-7,10,12-13,15-16,26H,8-9,11H2,1-5H3/b22-21-/i6D,7D,10D,11D2,12D,13D,15D. The van der Waals surface area contributed by atoms with E-state index >= 15 is 0 Å². The first-order valence-electron chi connectivity index (χ1n) is 13.2. The van der Waals surface area contributed by atoms with E-state index in [9.17, 15) is 1.37 Å². The van der Waals surface area contributed by atoms with Gasteiger partial charge in [-0.3, -0.25) is 4.98 Å². The van der Waals surface area contributed by atoms with Crippen LogP contribution in [0.15, 0.2) is 35.9 Å². The molecule has 2 aromatic rings. The Hall–Kier alpha value is -1.64. The van der Waals surface area contributed by atoms with Crippen molar-refractivity contribution in [2.75, 3.05) is 6.54 Å². The third-order valence-corrected chi connectivity index (χ3v) is 6.02. The van der Waals surface area contributed by atoms with E-state index in [2.05, 4.69) is 10.3 Å². The largest absolute Gasteiger partial charge is 0.313 e. The Morgan fingerprint density at radius 2 is 2.11 bits per heavy atom. The fourth-order valence-electron chi connectivity index (χ4n) is 3.95. The third kappa shape index (κ3) is 3.13. The maximum atomic E-state index is 9.26. The molecule has 1 aliphatic heterocycles. The Bertz CT molecular complexity index is 1300. The second kappa shape index (κ2) is 6.76. The lowest BCUT2D eigenvalue weighted by Gasteiger charge is -2.41. The van der Waals surface area contributed by atoms with Gasteiger partial charge in [0.25, 0.3) is 0 Å². The van der Waals surface area contributed by atoms with Crippen LogP contribution in [-0.4, -0.2) is 17.6 Å². The van der Waals surface area contributed by atoms with Crippen LogP contribution >= 0.6 is 11.6 Å². The fraction of sp³-hybridized carbons (Fsp3) is 0.458. The zero-order valence-corrected chi connectivity index (χ0v) is 17.1. The summed E-state index contributed by atoms with van der Waals surface area (Å²) in [5.74, 6) is -2.10. The van der Waals surface area contributed by atoms with Gasteiger partial charge in [0.05, 0.1) is 12.5 Å². The molecule has 0 saturated carbocycles. The van der Waals surface area contributed by atoms with E-state index in [0.717, 1.165) is 5.57 Å². The maximum Gasteiger partial charge on any atom is 0.0843 e. The molecule has 142 valence electrons. The van der Waals surface area contributed by atoms with Crippen LogP contribution in [-0.2, 0) is 6.37 Å². The molecule has 3 heteroatoms. The highest BCUT2D eigenvalue weighted by Gasteiger charge is 2.37. The minimum Gasteiger partial charge on any atom is -0.313 e. The van der Waals surface area contributed by atoms with Crippen molar-refractivity contribution in [2.45, 2.75) is 59.3 Å². The van der Waals surface area contributed by atoms with Gasteiger partial charge in [0.2, 0.25) is 0 Å². The predicted octanol–water partition coefficient (Wildman–Crippen LogP) is 5.91. The van der Waals surface area contributed by atoms with Gasteiger partial charge in [-0.15, -0.1) is 0 Å². The van der Waals surface area contributed by atoms with Gasteiger partial charge in [-0.05, 0) is 73.4 Å². The van der Waals surface area contributed by atoms with Crippen LogP contribution in [0, 0.1) is 12.3 Å². The van der Waals surface area contributed by atoms with Crippen molar-refractivity contribution in [3.8, 4) is 0 Å². The fourth-order valence-corrected chi connectivity index (χ4v) is 4.09. The molecule has 0 bridgehead atoms. The van der Waals surface area contributed by atoms with Gasteiger partial charge >= 0.3 is 0 Å². The van der Waals surface area contributed by atoms with E-state index in [1.165, 1.54) is 6.92 Å². The van der Waals surface area contributed by atoms with Crippen LogP contribution in [0.1, 0.15) is 78.9 Å². The van der Waals surface area contributed by atoms with Gasteiger partial charge in [0.1, 0.15) is 0 Å². The summed E-state index contributed by atoms with van der Waals surface area (Å²) in [5, 5.41) is 3.08. The normalized spacial score (nSPS) is 35.7. The summed E-state index contributed by atoms with van der Waals surface area (Å²) >= 11 is 6.27. The summed E-state index contributed by atoms with van der Waals surface area (Å²) in [6, 6.07) is -1.34. The lowest BCUT2D eigenvalue weighted by Crippen LogP contribution is -2.46. The van der Waals surface area contributed by atoms with Crippen LogP contribution in [0.2, 0.25) is 5.02 Å². The molecule has 1 N–H and O–H groups in total. The molecule has 1 aliphatic carbocycles. The third-order valence-electron chi connectivity index (χ3n) is 5.83. The Kier molecular flexibility index (Phi) is 2.85. The molecule has 2 unspecified atom stereocenters. The second-order valence-electron chi connectivity index (χ2n) is 7.89. The smallest absolute Gasteiger partial charge is 0.0843 e. The van der Waals surface area contributed by atoms with Gasteiger partial charge < -0.3 is 5.32 Å². The number of rotatable bonds is 0. The number of halogens is 1. The SMILES string of the molecule is [2H]c1nc2c(c([2H])c1C)C([2H])(C)C([2H])([2H])c1c([2H])c(Cl)c([2H])c([2H])c1/C2=C1\CCNC(C)C1(C)C. The quantitative estimate of drug-likeness (QED) is 0.606. The topological polar surface area (TPSA) is 24.9 Å². The molecule has 2 atom stereocenters. The van der Waals surface area contributed by atoms with Crippen molar-refractivity contribution in [1.29, 1.82) is 0 Å². The molecule has 2 heterocycles. The molecule has 2 aliphatic rings. The molecular weight excluding hydrogens is 352 g/mol. The van der Waals surface area contributed by atoms with Gasteiger partial charge in [-0.25, -0.2) is 0 Å². The van der Waals surface area contributed by atoms with Crippen molar-refractivity contribution in [1.82, 2.24) is 10.3 Å². The molecule has 1 fully saturated rings. The van der Waals surface area contributed by atoms with E-state index in [1.807, 2.05) is 20.8 Å². The summed E-state index contributed by atoms with van der Waals surface area (Å²) in [6.45, 7) is 9.56. The van der Waals surface area contributed by atoms with Gasteiger partial charge in [-0.2, -0.15) is 0 Å². The van der Waals surface area contributed by atoms with E-state index in [1.54, 1.807) is 6.92 Å². The number of nitrogens with one attached hydrogen (secondary N) is 1. The number of pyridine rings is 1. The maximum absolute atomic E-state index is 9.26. The molecule has 0 amide bonds. The molecule has 2 nitrogen and oxygen atoms in total. The van der Waals surface area contributed by atoms with Crippen LogP contribution in [0.25, 0.3) is 5.57 Å². The summed E-state index contributed by atoms with van der Waals surface area (Å²) in [6.07, 6.45) is -2.20. The monoisotopic (exact) mass is 388 g/mol. The van der Waals surface area contributed by atoms with E-state index in [4.69, 9.17) is 21.2 Å². The summed E-state index contributed by atoms with van der Waals surface area (Å²) in [4.78, 5) is 4.51. The molecule has 1 aromatic carbocycles. The number of fused-ring (bicyclic) bond motifs is 2. The zero-order valence-electron chi connectivity index (χ0n) is 24.3. The molecule has 1 saturated heterocycles. The molecule has 0 spiro atoms. The van der Waals surface area contributed by atoms with Crippen molar-refractivity contribution < 1.29 is 11.0 Å². The lowest BCUT2D eigenvalue weighted by molar-refractivity contribution is 0.271. The van der Waals surface area contributed by atoms with Crippen LogP contribution < -0.4 is 5.32 Å². The van der Waals surface area contributed by atoms with Crippen LogP contribution in [0.3, 0.4) is 0 Å². The number of aromatic nitrogens is 1. The minimum absolute atomic E-state index is 0.00290. The summed E-state index contributed by atoms with van der Waals surface area (Å²) < 4.78 is 70.8. The van der Waals surface area contributed by atoms with Crippen molar-refractivity contribution >= 4 is 17.2 Å². The Balaban J connectivity index is 2.39. The molecule has 0 radical (unpaired) electrons. The average Bonchev–Trinajstić information content (AvgIpc) is 2.81. The number of nitrogens with zero attached hydrogens (tertiary/aromatic N) is 1. The summed E-state index contributed by atoms with van der Waals surface area (Å²) in [7, 11) is 0. The van der Waals surface area contributed by atoms with E-state index in [0.29, 0.717) is 18.5 Å². The highest BCUT2D eigenvalue weighted by molar-refractivity contribution is 6.30. The number of piperidine rings is 1. The Labute approximate surface area is 179 Å². The number of benzene rings is 1. The summed E-state index contributed by atoms with van der Waals surface area (Å²) in [5.41, 5.74) is 0.776. The average molecular weight is 389 g/mol. The zero-order chi connectivity index (χ0) is 26.4. The first-order chi connectivity index (χ1) is 16.0. The van der Waals surface area contributed by atoms with Gasteiger partial charge in [-0.1, -0.05) is 50.0 Å². The van der Waals surface area contributed by atoms with Crippen LogP contribution in [0.5, 0.6) is 0 Å². The number of hydrogen-bond donors (Lipinski definition) is 1. The van der Waals surface area contributed by atoms with E-state index < -0.39 is 29.8 Å². The minimum atomic E-state index is -2.56. The molecular formula is C24H29ClN2.